The highest BCUT2D eigenvalue weighted by Crippen LogP contribution is 2.46. The zero-order valence-corrected chi connectivity index (χ0v) is 18.0. The van der Waals surface area contributed by atoms with Gasteiger partial charge in [0.05, 0.1) is 7.11 Å². The molecule has 2 atom stereocenters. The average molecular weight is 436 g/mol. The van der Waals surface area contributed by atoms with Crippen LogP contribution in [0.2, 0.25) is 0 Å². The molecule has 0 N–H and O–H groups in total. The lowest BCUT2D eigenvalue weighted by molar-refractivity contribution is -0.0905. The van der Waals surface area contributed by atoms with Gasteiger partial charge in [-0.25, -0.2) is 13.2 Å². The first-order valence-corrected chi connectivity index (χ1v) is 10.8. The fourth-order valence-corrected chi connectivity index (χ4v) is 4.22. The molecule has 0 radical (unpaired) electrons. The second-order valence-electron chi connectivity index (χ2n) is 8.24. The summed E-state index contributed by atoms with van der Waals surface area (Å²) in [4.78, 5) is 4.40. The molecule has 1 aliphatic rings. The van der Waals surface area contributed by atoms with Crippen molar-refractivity contribution in [3.8, 4) is 5.75 Å². The molecular formula is C25H29F4NO. The zero-order chi connectivity index (χ0) is 22.4. The minimum absolute atomic E-state index is 0.142. The smallest absolute Gasteiger partial charge is 0.251 e. The maximum atomic E-state index is 14.8. The van der Waals surface area contributed by atoms with Gasteiger partial charge in [-0.2, -0.15) is 4.39 Å². The molecule has 0 amide bonds. The van der Waals surface area contributed by atoms with Crippen molar-refractivity contribution in [3.05, 3.63) is 71.1 Å². The molecule has 0 saturated heterocycles. The van der Waals surface area contributed by atoms with E-state index in [4.69, 9.17) is 4.74 Å². The Bertz CT molecular complexity index is 895. The lowest BCUT2D eigenvalue weighted by atomic mass is 9.75. The summed E-state index contributed by atoms with van der Waals surface area (Å²) in [5.41, 5.74) is 2.04. The minimum Gasteiger partial charge on any atom is -0.494 e. The molecule has 2 aromatic rings. The molecule has 0 aliphatic heterocycles. The molecule has 1 aliphatic carbocycles. The summed E-state index contributed by atoms with van der Waals surface area (Å²) < 4.78 is 62.1. The quantitative estimate of drug-likeness (QED) is 0.328. The number of allylic oxidation sites excluding steroid dienone is 2. The van der Waals surface area contributed by atoms with Crippen molar-refractivity contribution in [2.45, 2.75) is 63.7 Å². The van der Waals surface area contributed by atoms with Gasteiger partial charge in [-0.15, -0.1) is 0 Å². The largest absolute Gasteiger partial charge is 0.494 e. The van der Waals surface area contributed by atoms with Gasteiger partial charge in [0.2, 0.25) is 5.82 Å². The molecule has 1 fully saturated rings. The first-order valence-electron chi connectivity index (χ1n) is 10.8. The molecule has 31 heavy (non-hydrogen) atoms. The molecular weight excluding hydrogens is 406 g/mol. The van der Waals surface area contributed by atoms with Gasteiger partial charge in [-0.05, 0) is 61.3 Å². The Kier molecular flexibility index (Phi) is 7.74. The van der Waals surface area contributed by atoms with Crippen LogP contribution in [0, 0.1) is 17.6 Å². The lowest BCUT2D eigenvalue weighted by Gasteiger charge is -2.35. The van der Waals surface area contributed by atoms with E-state index in [1.807, 2.05) is 12.1 Å². The van der Waals surface area contributed by atoms with Gasteiger partial charge in [0.15, 0.2) is 11.6 Å². The number of alkyl halides is 2. The van der Waals surface area contributed by atoms with Gasteiger partial charge < -0.3 is 4.74 Å². The van der Waals surface area contributed by atoms with E-state index >= 15 is 0 Å². The number of benzene rings is 1. The first-order chi connectivity index (χ1) is 14.9. The van der Waals surface area contributed by atoms with Crippen LogP contribution >= 0.6 is 0 Å². The topological polar surface area (TPSA) is 22.1 Å². The molecule has 2 unspecified atom stereocenters. The number of rotatable bonds is 8. The Morgan fingerprint density at radius 2 is 1.90 bits per heavy atom. The standard InChI is InChI=1S/C25H29F4NO/c1-3-6-21-13-10-19(16-30-21)18-9-12-20(25(28,29)15-18)8-5-4-7-17-11-14-22(31-2)24(27)23(17)26/h4-5,10-11,13-14,16,18,20H,3,6-9,12,15H2,1-2H3/b5-4-. The van der Waals surface area contributed by atoms with E-state index in [0.29, 0.717) is 12.8 Å². The fourth-order valence-electron chi connectivity index (χ4n) is 4.22. The van der Waals surface area contributed by atoms with Crippen molar-refractivity contribution in [2.75, 3.05) is 7.11 Å². The maximum absolute atomic E-state index is 14.8. The number of ether oxygens (including phenoxy) is 1. The Labute approximate surface area is 181 Å². The van der Waals surface area contributed by atoms with Crippen LogP contribution < -0.4 is 4.74 Å². The predicted molar refractivity (Wildman–Crippen MR) is 114 cm³/mol. The lowest BCUT2D eigenvalue weighted by Crippen LogP contribution is -2.34. The number of hydrogen-bond acceptors (Lipinski definition) is 2. The molecule has 0 spiro atoms. The molecule has 1 aromatic carbocycles. The van der Waals surface area contributed by atoms with E-state index in [0.717, 1.165) is 24.1 Å². The van der Waals surface area contributed by atoms with Crippen LogP contribution in [0.25, 0.3) is 0 Å². The van der Waals surface area contributed by atoms with E-state index < -0.39 is 23.5 Å². The van der Waals surface area contributed by atoms with Crippen LogP contribution in [-0.4, -0.2) is 18.0 Å². The summed E-state index contributed by atoms with van der Waals surface area (Å²) in [6.45, 7) is 2.08. The number of halogens is 4. The van der Waals surface area contributed by atoms with Gasteiger partial charge in [-0.3, -0.25) is 4.98 Å². The summed E-state index contributed by atoms with van der Waals surface area (Å²) >= 11 is 0. The second kappa shape index (κ2) is 10.3. The van der Waals surface area contributed by atoms with Crippen LogP contribution in [0.1, 0.15) is 61.8 Å². The van der Waals surface area contributed by atoms with Crippen LogP contribution in [0.3, 0.4) is 0 Å². The van der Waals surface area contributed by atoms with Gasteiger partial charge >= 0.3 is 0 Å². The first kappa shape index (κ1) is 23.3. The third-order valence-electron chi connectivity index (χ3n) is 6.08. The highest BCUT2D eigenvalue weighted by Gasteiger charge is 2.44. The Morgan fingerprint density at radius 3 is 2.55 bits per heavy atom. The normalized spacial score (nSPS) is 20.8. The van der Waals surface area contributed by atoms with Crippen molar-refractivity contribution < 1.29 is 22.3 Å². The van der Waals surface area contributed by atoms with Crippen LogP contribution in [0.4, 0.5) is 17.6 Å². The van der Waals surface area contributed by atoms with E-state index in [1.54, 1.807) is 18.3 Å². The minimum atomic E-state index is -2.77. The van der Waals surface area contributed by atoms with Crippen molar-refractivity contribution in [1.29, 1.82) is 0 Å². The Morgan fingerprint density at radius 1 is 1.10 bits per heavy atom. The SMILES string of the molecule is CCCc1ccc(C2CCC(C/C=C\Cc3ccc(OC)c(F)c3F)C(F)(F)C2)cn1. The monoisotopic (exact) mass is 435 g/mol. The number of aryl methyl sites for hydroxylation is 1. The van der Waals surface area contributed by atoms with E-state index in [2.05, 4.69) is 11.9 Å². The number of methoxy groups -OCH3 is 1. The number of aromatic nitrogens is 1. The third-order valence-corrected chi connectivity index (χ3v) is 6.08. The number of nitrogens with zero attached hydrogens (tertiary/aromatic N) is 1. The Hall–Kier alpha value is -2.37. The highest BCUT2D eigenvalue weighted by molar-refractivity contribution is 5.32. The van der Waals surface area contributed by atoms with Gasteiger partial charge in [0, 0.05) is 24.2 Å². The summed E-state index contributed by atoms with van der Waals surface area (Å²) in [5, 5.41) is 0. The average Bonchev–Trinajstić information content (AvgIpc) is 2.75. The molecule has 0 bridgehead atoms. The number of hydrogen-bond donors (Lipinski definition) is 0. The molecule has 3 rings (SSSR count). The fraction of sp³-hybridized carbons (Fsp3) is 0.480. The molecule has 1 saturated carbocycles. The van der Waals surface area contributed by atoms with Crippen molar-refractivity contribution in [2.24, 2.45) is 5.92 Å². The predicted octanol–water partition coefficient (Wildman–Crippen LogP) is 7.03. The van der Waals surface area contributed by atoms with E-state index in [9.17, 15) is 17.6 Å². The van der Waals surface area contributed by atoms with Gasteiger partial charge in [0.1, 0.15) is 0 Å². The van der Waals surface area contributed by atoms with E-state index in [-0.39, 0.29) is 36.5 Å². The second-order valence-corrected chi connectivity index (χ2v) is 8.24. The van der Waals surface area contributed by atoms with Crippen molar-refractivity contribution in [1.82, 2.24) is 4.98 Å². The van der Waals surface area contributed by atoms with Crippen molar-refractivity contribution >= 4 is 0 Å². The summed E-state index contributed by atoms with van der Waals surface area (Å²) in [5.74, 6) is -5.85. The summed E-state index contributed by atoms with van der Waals surface area (Å²) in [7, 11) is 1.27. The summed E-state index contributed by atoms with van der Waals surface area (Å²) in [6.07, 6.45) is 8.21. The maximum Gasteiger partial charge on any atom is 0.251 e. The van der Waals surface area contributed by atoms with Crippen LogP contribution in [0.5, 0.6) is 5.75 Å². The van der Waals surface area contributed by atoms with E-state index in [1.165, 1.54) is 19.2 Å². The molecule has 1 aromatic heterocycles. The summed E-state index contributed by atoms with van der Waals surface area (Å²) in [6, 6.07) is 6.68. The van der Waals surface area contributed by atoms with Crippen LogP contribution in [0.15, 0.2) is 42.6 Å². The van der Waals surface area contributed by atoms with Crippen LogP contribution in [-0.2, 0) is 12.8 Å². The Balaban J connectivity index is 1.56. The molecule has 2 nitrogen and oxygen atoms in total. The number of pyridine rings is 1. The third kappa shape index (κ3) is 5.66. The molecule has 168 valence electrons. The van der Waals surface area contributed by atoms with Crippen molar-refractivity contribution in [3.63, 3.8) is 0 Å². The van der Waals surface area contributed by atoms with Gasteiger partial charge in [0.25, 0.3) is 5.92 Å². The molecule has 1 heterocycles. The zero-order valence-electron chi connectivity index (χ0n) is 18.0. The molecule has 6 heteroatoms. The van der Waals surface area contributed by atoms with Gasteiger partial charge in [-0.1, -0.05) is 37.6 Å². The highest BCUT2D eigenvalue weighted by atomic mass is 19.3.